The standard InChI is InChI=1S/C10H9Cl2N3O4S/c11-6-4-15(14-10(16)9(6)12)7-3-5(13)1-2-8(7)20(17,18)19/h1-4,9H,13H2,(H,14,16)(H,17,18,19). The summed E-state index contributed by atoms with van der Waals surface area (Å²) in [6.07, 6.45) is 1.23. The van der Waals surface area contributed by atoms with Crippen molar-refractivity contribution in [3.63, 3.8) is 0 Å². The Labute approximate surface area is 124 Å². The monoisotopic (exact) mass is 337 g/mol. The number of halogens is 2. The Morgan fingerprint density at radius 3 is 2.60 bits per heavy atom. The molecule has 0 aromatic heterocycles. The van der Waals surface area contributed by atoms with Crippen LogP contribution in [-0.2, 0) is 14.9 Å². The normalized spacial score (nSPS) is 19.6. The number of amides is 1. The van der Waals surface area contributed by atoms with Crippen molar-refractivity contribution >= 4 is 50.6 Å². The first-order valence-electron chi connectivity index (χ1n) is 5.18. The molecule has 1 atom stereocenters. The highest BCUT2D eigenvalue weighted by atomic mass is 35.5. The maximum absolute atomic E-state index is 11.6. The largest absolute Gasteiger partial charge is 0.399 e. The van der Waals surface area contributed by atoms with E-state index in [-0.39, 0.29) is 16.4 Å². The maximum Gasteiger partial charge on any atom is 0.296 e. The molecule has 108 valence electrons. The average Bonchev–Trinajstić information content (AvgIpc) is 2.33. The van der Waals surface area contributed by atoms with Crippen molar-refractivity contribution in [3.8, 4) is 0 Å². The summed E-state index contributed by atoms with van der Waals surface area (Å²) in [4.78, 5) is 11.2. The van der Waals surface area contributed by atoms with E-state index in [9.17, 15) is 17.8 Å². The van der Waals surface area contributed by atoms with E-state index in [0.29, 0.717) is 0 Å². The molecule has 0 fully saturated rings. The lowest BCUT2D eigenvalue weighted by Crippen LogP contribution is -2.47. The van der Waals surface area contributed by atoms with E-state index >= 15 is 0 Å². The van der Waals surface area contributed by atoms with Crippen molar-refractivity contribution in [2.75, 3.05) is 10.7 Å². The second-order valence-corrected chi connectivity index (χ2v) is 6.19. The van der Waals surface area contributed by atoms with Crippen molar-refractivity contribution < 1.29 is 17.8 Å². The second kappa shape index (κ2) is 5.13. The number of nitrogens with two attached hydrogens (primary N) is 1. The molecule has 1 aliphatic rings. The number of carbonyl (C=O) groups excluding carboxylic acids is 1. The van der Waals surface area contributed by atoms with Crippen molar-refractivity contribution in [1.82, 2.24) is 5.43 Å². The Morgan fingerprint density at radius 1 is 1.40 bits per heavy atom. The van der Waals surface area contributed by atoms with E-state index in [1.54, 1.807) is 0 Å². The molecule has 1 unspecified atom stereocenters. The van der Waals surface area contributed by atoms with Crippen LogP contribution in [-0.4, -0.2) is 24.3 Å². The first-order chi connectivity index (χ1) is 9.20. The van der Waals surface area contributed by atoms with Gasteiger partial charge in [0.05, 0.1) is 10.7 Å². The van der Waals surface area contributed by atoms with E-state index in [1.807, 2.05) is 0 Å². The summed E-state index contributed by atoms with van der Waals surface area (Å²) < 4.78 is 31.8. The number of hydrogen-bond acceptors (Lipinski definition) is 5. The number of nitrogens with zero attached hydrogens (tertiary/aromatic N) is 1. The Morgan fingerprint density at radius 2 is 2.05 bits per heavy atom. The van der Waals surface area contributed by atoms with Crippen LogP contribution in [0.5, 0.6) is 0 Å². The molecule has 1 aromatic carbocycles. The second-order valence-electron chi connectivity index (χ2n) is 3.92. The van der Waals surface area contributed by atoms with Crippen LogP contribution in [0.3, 0.4) is 0 Å². The number of alkyl halides is 1. The van der Waals surface area contributed by atoms with Crippen molar-refractivity contribution in [2.45, 2.75) is 10.3 Å². The number of carbonyl (C=O) groups is 1. The number of hydrogen-bond donors (Lipinski definition) is 3. The Kier molecular flexibility index (Phi) is 3.83. The van der Waals surface area contributed by atoms with Crippen molar-refractivity contribution in [1.29, 1.82) is 0 Å². The summed E-state index contributed by atoms with van der Waals surface area (Å²) in [6, 6.07) is 3.67. The zero-order valence-corrected chi connectivity index (χ0v) is 12.1. The third-order valence-corrected chi connectivity index (χ3v) is 4.24. The van der Waals surface area contributed by atoms with Crippen LogP contribution in [0.1, 0.15) is 0 Å². The molecule has 1 aromatic rings. The van der Waals surface area contributed by atoms with Crippen molar-refractivity contribution in [3.05, 3.63) is 29.4 Å². The summed E-state index contributed by atoms with van der Waals surface area (Å²) in [5.41, 5.74) is 8.08. The Balaban J connectivity index is 2.59. The highest BCUT2D eigenvalue weighted by Gasteiger charge is 2.29. The van der Waals surface area contributed by atoms with Crippen LogP contribution in [0.2, 0.25) is 0 Å². The van der Waals surface area contributed by atoms with E-state index in [4.69, 9.17) is 28.9 Å². The van der Waals surface area contributed by atoms with Crippen LogP contribution in [0.4, 0.5) is 11.4 Å². The fourth-order valence-corrected chi connectivity index (χ4v) is 2.56. The Bertz CT molecular complexity index is 704. The summed E-state index contributed by atoms with van der Waals surface area (Å²) in [5.74, 6) is -0.636. The van der Waals surface area contributed by atoms with Gasteiger partial charge in [-0.2, -0.15) is 8.42 Å². The number of nitrogen functional groups attached to an aromatic ring is 1. The highest BCUT2D eigenvalue weighted by molar-refractivity contribution is 7.86. The van der Waals surface area contributed by atoms with Crippen LogP contribution < -0.4 is 16.2 Å². The molecule has 0 saturated heterocycles. The fourth-order valence-electron chi connectivity index (χ4n) is 1.59. The number of rotatable bonds is 2. The fraction of sp³-hybridized carbons (Fsp3) is 0.100. The minimum atomic E-state index is -4.50. The summed E-state index contributed by atoms with van der Waals surface area (Å²) in [5, 5.41) is -0.0366. The van der Waals surface area contributed by atoms with Gasteiger partial charge in [0.2, 0.25) is 0 Å². The highest BCUT2D eigenvalue weighted by Crippen LogP contribution is 2.30. The lowest BCUT2D eigenvalue weighted by Gasteiger charge is -2.28. The van der Waals surface area contributed by atoms with E-state index < -0.39 is 26.3 Å². The smallest absolute Gasteiger partial charge is 0.296 e. The molecule has 0 radical (unpaired) electrons. The molecular weight excluding hydrogens is 329 g/mol. The van der Waals surface area contributed by atoms with Crippen molar-refractivity contribution in [2.24, 2.45) is 0 Å². The molecule has 10 heteroatoms. The first-order valence-corrected chi connectivity index (χ1v) is 7.43. The van der Waals surface area contributed by atoms with Gasteiger partial charge in [0.1, 0.15) is 4.90 Å². The zero-order chi connectivity index (χ0) is 15.1. The van der Waals surface area contributed by atoms with Gasteiger partial charge in [-0.15, -0.1) is 11.6 Å². The van der Waals surface area contributed by atoms with Gasteiger partial charge in [0.15, 0.2) is 5.38 Å². The Hall–Kier alpha value is -1.48. The predicted molar refractivity (Wildman–Crippen MR) is 74.9 cm³/mol. The van der Waals surface area contributed by atoms with Gasteiger partial charge in [-0.1, -0.05) is 11.6 Å². The summed E-state index contributed by atoms with van der Waals surface area (Å²) >= 11 is 11.5. The SMILES string of the molecule is Nc1ccc(S(=O)(=O)O)c(N2C=C(Cl)C(Cl)C(=O)N2)c1. The number of nitrogens with one attached hydrogen (secondary N) is 1. The summed E-state index contributed by atoms with van der Waals surface area (Å²) in [7, 11) is -4.50. The quantitative estimate of drug-likeness (QED) is 0.422. The molecule has 7 nitrogen and oxygen atoms in total. The molecular formula is C10H9Cl2N3O4S. The van der Waals surface area contributed by atoms with Gasteiger partial charge in [-0.05, 0) is 18.2 Å². The molecule has 1 aliphatic heterocycles. The lowest BCUT2D eigenvalue weighted by molar-refractivity contribution is -0.120. The van der Waals surface area contributed by atoms with E-state index in [0.717, 1.165) is 11.1 Å². The molecule has 0 saturated carbocycles. The lowest BCUT2D eigenvalue weighted by atomic mass is 10.2. The van der Waals surface area contributed by atoms with Gasteiger partial charge in [-0.3, -0.25) is 19.8 Å². The maximum atomic E-state index is 11.6. The molecule has 0 bridgehead atoms. The molecule has 0 spiro atoms. The third-order valence-electron chi connectivity index (χ3n) is 2.48. The van der Waals surface area contributed by atoms with Crippen LogP contribution in [0.15, 0.2) is 34.3 Å². The average molecular weight is 338 g/mol. The van der Waals surface area contributed by atoms with Crippen LogP contribution in [0.25, 0.3) is 0 Å². The number of hydrazine groups is 1. The van der Waals surface area contributed by atoms with Crippen LogP contribution >= 0.6 is 23.2 Å². The van der Waals surface area contributed by atoms with E-state index in [1.165, 1.54) is 18.3 Å². The third kappa shape index (κ3) is 2.83. The minimum Gasteiger partial charge on any atom is -0.399 e. The molecule has 4 N–H and O–H groups in total. The molecule has 1 amide bonds. The zero-order valence-electron chi connectivity index (χ0n) is 9.75. The minimum absolute atomic E-state index is 0.000807. The van der Waals surface area contributed by atoms with Gasteiger partial charge in [0.25, 0.3) is 16.0 Å². The van der Waals surface area contributed by atoms with Crippen LogP contribution in [0, 0.1) is 0 Å². The molecule has 1 heterocycles. The molecule has 2 rings (SSSR count). The van der Waals surface area contributed by atoms with E-state index in [2.05, 4.69) is 5.43 Å². The summed E-state index contributed by atoms with van der Waals surface area (Å²) in [6.45, 7) is 0. The molecule has 0 aliphatic carbocycles. The number of benzene rings is 1. The van der Waals surface area contributed by atoms with Gasteiger partial charge >= 0.3 is 0 Å². The first kappa shape index (κ1) is 14.9. The van der Waals surface area contributed by atoms with Gasteiger partial charge in [-0.25, -0.2) is 0 Å². The number of anilines is 2. The van der Waals surface area contributed by atoms with Gasteiger partial charge in [0, 0.05) is 11.9 Å². The predicted octanol–water partition coefficient (Wildman–Crippen LogP) is 1.05. The molecule has 20 heavy (non-hydrogen) atoms. The topological polar surface area (TPSA) is 113 Å². The van der Waals surface area contributed by atoms with Gasteiger partial charge < -0.3 is 5.73 Å².